The molecule has 0 bridgehead atoms. The van der Waals surface area contributed by atoms with Crippen LogP contribution in [0.15, 0.2) is 12.4 Å². The first-order chi connectivity index (χ1) is 7.78. The maximum absolute atomic E-state index is 11.6. The molecule has 0 spiro atoms. The van der Waals surface area contributed by atoms with Gasteiger partial charge in [0.15, 0.2) is 0 Å². The van der Waals surface area contributed by atoms with E-state index in [-0.39, 0.29) is 11.4 Å². The summed E-state index contributed by atoms with van der Waals surface area (Å²) in [6.07, 6.45) is 4.58. The molecule has 0 atom stereocenters. The number of hydrogen-bond acceptors (Lipinski definition) is 3. The Morgan fingerprint density at radius 3 is 2.71 bits per heavy atom. The first-order valence-corrected chi connectivity index (χ1v) is 5.91. The summed E-state index contributed by atoms with van der Waals surface area (Å²) in [4.78, 5) is 11.6. The molecule has 5 heteroatoms. The average Bonchev–Trinajstić information content (AvgIpc) is 2.62. The summed E-state index contributed by atoms with van der Waals surface area (Å²) in [5.74, 6) is -0.0215. The van der Waals surface area contributed by atoms with Gasteiger partial charge in [0.1, 0.15) is 0 Å². The van der Waals surface area contributed by atoms with Crippen LogP contribution in [0.25, 0.3) is 0 Å². The van der Waals surface area contributed by atoms with Crippen molar-refractivity contribution in [1.82, 2.24) is 9.78 Å². The van der Waals surface area contributed by atoms with Gasteiger partial charge in [-0.3, -0.25) is 9.48 Å². The summed E-state index contributed by atoms with van der Waals surface area (Å²) in [7, 11) is 0. The Morgan fingerprint density at radius 1 is 1.59 bits per heavy atom. The molecule has 1 aromatic rings. The number of amides is 1. The Kier molecular flexibility index (Phi) is 4.28. The Morgan fingerprint density at radius 2 is 2.24 bits per heavy atom. The Labute approximate surface area is 102 Å². The van der Waals surface area contributed by atoms with Crippen molar-refractivity contribution >= 4 is 11.6 Å². The van der Waals surface area contributed by atoms with Gasteiger partial charge in [-0.2, -0.15) is 5.10 Å². The monoisotopic (exact) mass is 238 g/mol. The van der Waals surface area contributed by atoms with Crippen LogP contribution < -0.4 is 11.1 Å². The van der Waals surface area contributed by atoms with Crippen molar-refractivity contribution in [3.63, 3.8) is 0 Å². The third kappa shape index (κ3) is 4.99. The first-order valence-electron chi connectivity index (χ1n) is 5.91. The van der Waals surface area contributed by atoms with Gasteiger partial charge in [-0.15, -0.1) is 0 Å². The molecule has 0 aliphatic carbocycles. The molecule has 5 nitrogen and oxygen atoms in total. The van der Waals surface area contributed by atoms with Crippen LogP contribution in [0.4, 0.5) is 5.69 Å². The minimum absolute atomic E-state index is 0.0215. The molecule has 17 heavy (non-hydrogen) atoms. The van der Waals surface area contributed by atoms with Gasteiger partial charge in [0.05, 0.1) is 11.9 Å². The van der Waals surface area contributed by atoms with Crippen LogP contribution in [0.5, 0.6) is 0 Å². The molecule has 0 aliphatic rings. The standard InChI is InChI=1S/C12H22N4O/c1-9(2)16-8-10(7-14-16)15-11(17)5-6-12(3,4)13/h7-9H,5-6,13H2,1-4H3,(H,15,17). The fraction of sp³-hybridized carbons (Fsp3) is 0.667. The van der Waals surface area contributed by atoms with Gasteiger partial charge in [0.2, 0.25) is 5.91 Å². The van der Waals surface area contributed by atoms with Gasteiger partial charge in [-0.25, -0.2) is 0 Å². The zero-order chi connectivity index (χ0) is 13.1. The van der Waals surface area contributed by atoms with Crippen LogP contribution in [0.3, 0.4) is 0 Å². The zero-order valence-electron chi connectivity index (χ0n) is 11.0. The number of nitrogens with zero attached hydrogens (tertiary/aromatic N) is 2. The molecule has 1 heterocycles. The molecule has 1 aromatic heterocycles. The largest absolute Gasteiger partial charge is 0.326 e. The van der Waals surface area contributed by atoms with Crippen molar-refractivity contribution in [3.05, 3.63) is 12.4 Å². The van der Waals surface area contributed by atoms with Crippen LogP contribution in [0.2, 0.25) is 0 Å². The van der Waals surface area contributed by atoms with Gasteiger partial charge in [0, 0.05) is 24.2 Å². The normalized spacial score (nSPS) is 11.9. The fourth-order valence-electron chi connectivity index (χ4n) is 1.34. The van der Waals surface area contributed by atoms with E-state index in [0.717, 1.165) is 5.69 Å². The molecule has 1 rings (SSSR count). The van der Waals surface area contributed by atoms with E-state index >= 15 is 0 Å². The second-order valence-electron chi connectivity index (χ2n) is 5.34. The topological polar surface area (TPSA) is 72.9 Å². The summed E-state index contributed by atoms with van der Waals surface area (Å²) < 4.78 is 1.81. The van der Waals surface area contributed by atoms with E-state index in [2.05, 4.69) is 10.4 Å². The number of carbonyl (C=O) groups is 1. The highest BCUT2D eigenvalue weighted by molar-refractivity contribution is 5.90. The highest BCUT2D eigenvalue weighted by Crippen LogP contribution is 2.12. The van der Waals surface area contributed by atoms with E-state index in [9.17, 15) is 4.79 Å². The predicted octanol–water partition coefficient (Wildman–Crippen LogP) is 1.92. The molecule has 0 saturated heterocycles. The second kappa shape index (κ2) is 5.31. The summed E-state index contributed by atoms with van der Waals surface area (Å²) in [5, 5.41) is 6.97. The number of carbonyl (C=O) groups excluding carboxylic acids is 1. The Hall–Kier alpha value is -1.36. The lowest BCUT2D eigenvalue weighted by molar-refractivity contribution is -0.116. The van der Waals surface area contributed by atoms with Gasteiger partial charge < -0.3 is 11.1 Å². The number of aromatic nitrogens is 2. The molecule has 1 amide bonds. The van der Waals surface area contributed by atoms with Crippen molar-refractivity contribution in [3.8, 4) is 0 Å². The van der Waals surface area contributed by atoms with Crippen LogP contribution in [0.1, 0.15) is 46.6 Å². The third-order valence-electron chi connectivity index (χ3n) is 2.41. The van der Waals surface area contributed by atoms with Crippen LogP contribution in [-0.4, -0.2) is 21.2 Å². The minimum atomic E-state index is -0.306. The SMILES string of the molecule is CC(C)n1cc(NC(=O)CCC(C)(C)N)cn1. The fourth-order valence-corrected chi connectivity index (χ4v) is 1.34. The number of hydrogen-bond donors (Lipinski definition) is 2. The molecule has 0 aromatic carbocycles. The number of anilines is 1. The van der Waals surface area contributed by atoms with Gasteiger partial charge in [-0.05, 0) is 34.1 Å². The average molecular weight is 238 g/mol. The minimum Gasteiger partial charge on any atom is -0.326 e. The molecule has 3 N–H and O–H groups in total. The summed E-state index contributed by atoms with van der Waals surface area (Å²) >= 11 is 0. The molecule has 0 radical (unpaired) electrons. The lowest BCUT2D eigenvalue weighted by Gasteiger charge is -2.17. The van der Waals surface area contributed by atoms with E-state index < -0.39 is 0 Å². The van der Waals surface area contributed by atoms with Crippen molar-refractivity contribution in [2.24, 2.45) is 5.73 Å². The summed E-state index contributed by atoms with van der Waals surface area (Å²) in [6, 6.07) is 0.295. The zero-order valence-corrected chi connectivity index (χ0v) is 11.0. The highest BCUT2D eigenvalue weighted by atomic mass is 16.1. The smallest absolute Gasteiger partial charge is 0.224 e. The van der Waals surface area contributed by atoms with Crippen molar-refractivity contribution in [2.75, 3.05) is 5.32 Å². The number of nitrogens with two attached hydrogens (primary N) is 1. The van der Waals surface area contributed by atoms with Gasteiger partial charge in [-0.1, -0.05) is 0 Å². The van der Waals surface area contributed by atoms with E-state index in [0.29, 0.717) is 18.9 Å². The predicted molar refractivity (Wildman–Crippen MR) is 68.7 cm³/mol. The van der Waals surface area contributed by atoms with E-state index in [1.54, 1.807) is 6.20 Å². The van der Waals surface area contributed by atoms with E-state index in [1.165, 1.54) is 0 Å². The molecule has 0 aliphatic heterocycles. The van der Waals surface area contributed by atoms with Gasteiger partial charge in [0.25, 0.3) is 0 Å². The molecule has 0 fully saturated rings. The van der Waals surface area contributed by atoms with Gasteiger partial charge >= 0.3 is 0 Å². The van der Waals surface area contributed by atoms with Crippen molar-refractivity contribution in [1.29, 1.82) is 0 Å². The third-order valence-corrected chi connectivity index (χ3v) is 2.41. The van der Waals surface area contributed by atoms with E-state index in [1.807, 2.05) is 38.6 Å². The molecular weight excluding hydrogens is 216 g/mol. The molecule has 96 valence electrons. The Bertz CT molecular complexity index is 376. The molecule has 0 unspecified atom stereocenters. The van der Waals surface area contributed by atoms with Crippen molar-refractivity contribution in [2.45, 2.75) is 52.1 Å². The van der Waals surface area contributed by atoms with Crippen LogP contribution in [0, 0.1) is 0 Å². The summed E-state index contributed by atoms with van der Waals surface area (Å²) in [6.45, 7) is 7.90. The highest BCUT2D eigenvalue weighted by Gasteiger charge is 2.13. The van der Waals surface area contributed by atoms with Crippen LogP contribution in [-0.2, 0) is 4.79 Å². The number of nitrogens with one attached hydrogen (secondary N) is 1. The quantitative estimate of drug-likeness (QED) is 0.823. The lowest BCUT2D eigenvalue weighted by Crippen LogP contribution is -2.33. The van der Waals surface area contributed by atoms with Crippen LogP contribution >= 0.6 is 0 Å². The molecule has 0 saturated carbocycles. The molecular formula is C12H22N4O. The number of rotatable bonds is 5. The second-order valence-corrected chi connectivity index (χ2v) is 5.34. The maximum atomic E-state index is 11.6. The lowest BCUT2D eigenvalue weighted by atomic mass is 10.00. The Balaban J connectivity index is 2.45. The summed E-state index contributed by atoms with van der Waals surface area (Å²) in [5.41, 5.74) is 6.25. The maximum Gasteiger partial charge on any atom is 0.224 e. The van der Waals surface area contributed by atoms with E-state index in [4.69, 9.17) is 5.73 Å². The first kappa shape index (κ1) is 13.7. The van der Waals surface area contributed by atoms with Crippen molar-refractivity contribution < 1.29 is 4.79 Å².